The molecule has 1 heterocycles. The molecule has 1 fully saturated rings. The van der Waals surface area contributed by atoms with Crippen LogP contribution in [-0.4, -0.2) is 30.7 Å². The van der Waals surface area contributed by atoms with Crippen LogP contribution in [0.4, 0.5) is 0 Å². The SMILES string of the molecule is CC(C)(C)C1CCCC(C(C)(C)C)[N+]1(C)C. The molecule has 1 saturated heterocycles. The van der Waals surface area contributed by atoms with Crippen LogP contribution in [0, 0.1) is 10.8 Å². The van der Waals surface area contributed by atoms with Gasteiger partial charge in [0.15, 0.2) is 0 Å². The lowest BCUT2D eigenvalue weighted by atomic mass is 9.72. The van der Waals surface area contributed by atoms with Crippen molar-refractivity contribution in [2.24, 2.45) is 10.8 Å². The summed E-state index contributed by atoms with van der Waals surface area (Å²) in [4.78, 5) is 0. The van der Waals surface area contributed by atoms with E-state index in [1.54, 1.807) is 0 Å². The van der Waals surface area contributed by atoms with E-state index in [-0.39, 0.29) is 0 Å². The molecule has 16 heavy (non-hydrogen) atoms. The van der Waals surface area contributed by atoms with Crippen LogP contribution in [0.3, 0.4) is 0 Å². The van der Waals surface area contributed by atoms with Gasteiger partial charge in [-0.3, -0.25) is 0 Å². The maximum atomic E-state index is 2.45. The number of likely N-dealkylation sites (tertiary alicyclic amines) is 1. The quantitative estimate of drug-likeness (QED) is 0.546. The van der Waals surface area contributed by atoms with Crippen molar-refractivity contribution in [3.63, 3.8) is 0 Å². The van der Waals surface area contributed by atoms with Gasteiger partial charge in [-0.15, -0.1) is 0 Å². The molecular formula is C15H32N+. The molecule has 0 N–H and O–H groups in total. The van der Waals surface area contributed by atoms with Crippen LogP contribution in [0.2, 0.25) is 0 Å². The van der Waals surface area contributed by atoms with E-state index in [4.69, 9.17) is 0 Å². The molecule has 1 aliphatic rings. The third kappa shape index (κ3) is 2.61. The van der Waals surface area contributed by atoms with E-state index in [2.05, 4.69) is 55.6 Å². The third-order valence-electron chi connectivity index (χ3n) is 4.56. The summed E-state index contributed by atoms with van der Waals surface area (Å²) in [5.74, 6) is 0. The second-order valence-electron chi connectivity index (χ2n) is 8.32. The highest BCUT2D eigenvalue weighted by Crippen LogP contribution is 2.43. The van der Waals surface area contributed by atoms with Gasteiger partial charge < -0.3 is 4.48 Å². The Morgan fingerprint density at radius 3 is 1.31 bits per heavy atom. The first kappa shape index (κ1) is 14.0. The van der Waals surface area contributed by atoms with Crippen molar-refractivity contribution in [1.29, 1.82) is 0 Å². The Morgan fingerprint density at radius 2 is 1.06 bits per heavy atom. The summed E-state index contributed by atoms with van der Waals surface area (Å²) in [6.45, 7) is 14.4. The van der Waals surface area contributed by atoms with Crippen LogP contribution >= 0.6 is 0 Å². The molecule has 0 aromatic rings. The smallest absolute Gasteiger partial charge is 0.0937 e. The van der Waals surface area contributed by atoms with Crippen LogP contribution in [0.5, 0.6) is 0 Å². The van der Waals surface area contributed by atoms with Gasteiger partial charge in [0, 0.05) is 23.7 Å². The molecule has 1 nitrogen and oxygen atoms in total. The van der Waals surface area contributed by atoms with E-state index >= 15 is 0 Å². The molecule has 1 aliphatic heterocycles. The molecule has 0 spiro atoms. The van der Waals surface area contributed by atoms with Gasteiger partial charge in [-0.1, -0.05) is 41.5 Å². The molecule has 0 aromatic heterocycles. The molecule has 0 amide bonds. The van der Waals surface area contributed by atoms with Gasteiger partial charge >= 0.3 is 0 Å². The Kier molecular flexibility index (Phi) is 3.52. The van der Waals surface area contributed by atoms with Crippen molar-refractivity contribution in [3.05, 3.63) is 0 Å². The minimum Gasteiger partial charge on any atom is -0.323 e. The number of hydrogen-bond acceptors (Lipinski definition) is 0. The standard InChI is InChI=1S/C15H32N/c1-14(2,3)12-10-9-11-13(15(4,5)6)16(12,7)8/h12-13H,9-11H2,1-8H3/q+1. The first-order valence-electron chi connectivity index (χ1n) is 6.80. The van der Waals surface area contributed by atoms with Gasteiger partial charge in [0.1, 0.15) is 0 Å². The lowest BCUT2D eigenvalue weighted by Crippen LogP contribution is -2.65. The predicted octanol–water partition coefficient (Wildman–Crippen LogP) is 4.08. The monoisotopic (exact) mass is 226 g/mol. The van der Waals surface area contributed by atoms with Crippen LogP contribution in [0.15, 0.2) is 0 Å². The van der Waals surface area contributed by atoms with Crippen molar-refractivity contribution in [3.8, 4) is 0 Å². The molecular weight excluding hydrogens is 194 g/mol. The largest absolute Gasteiger partial charge is 0.323 e. The van der Waals surface area contributed by atoms with E-state index in [1.807, 2.05) is 0 Å². The van der Waals surface area contributed by atoms with Crippen molar-refractivity contribution in [2.45, 2.75) is 72.9 Å². The average molecular weight is 226 g/mol. The van der Waals surface area contributed by atoms with Gasteiger partial charge in [-0.25, -0.2) is 0 Å². The molecule has 2 atom stereocenters. The maximum Gasteiger partial charge on any atom is 0.0937 e. The Morgan fingerprint density at radius 1 is 0.750 bits per heavy atom. The summed E-state index contributed by atoms with van der Waals surface area (Å²) in [5.41, 5.74) is 0.848. The zero-order valence-corrected chi connectivity index (χ0v) is 12.7. The summed E-state index contributed by atoms with van der Waals surface area (Å²) in [6, 6.07) is 1.59. The molecule has 1 heteroatoms. The predicted molar refractivity (Wildman–Crippen MR) is 72.4 cm³/mol. The molecule has 0 radical (unpaired) electrons. The normalized spacial score (nSPS) is 31.5. The highest BCUT2D eigenvalue weighted by Gasteiger charge is 2.49. The lowest BCUT2D eigenvalue weighted by molar-refractivity contribution is -0.957. The van der Waals surface area contributed by atoms with Gasteiger partial charge in [0.05, 0.1) is 26.2 Å². The zero-order valence-electron chi connectivity index (χ0n) is 12.7. The van der Waals surface area contributed by atoms with E-state index in [9.17, 15) is 0 Å². The Labute approximate surface area is 103 Å². The molecule has 96 valence electrons. The van der Waals surface area contributed by atoms with Crippen molar-refractivity contribution < 1.29 is 4.48 Å². The number of hydrogen-bond donors (Lipinski definition) is 0. The topological polar surface area (TPSA) is 0 Å². The number of nitrogens with zero attached hydrogens (tertiary/aromatic N) is 1. The number of quaternary nitrogens is 1. The van der Waals surface area contributed by atoms with E-state index in [0.717, 1.165) is 12.1 Å². The number of rotatable bonds is 0. The highest BCUT2D eigenvalue weighted by molar-refractivity contribution is 4.85. The van der Waals surface area contributed by atoms with E-state index in [1.165, 1.54) is 23.7 Å². The van der Waals surface area contributed by atoms with Gasteiger partial charge in [-0.2, -0.15) is 0 Å². The molecule has 0 aromatic carbocycles. The molecule has 0 aliphatic carbocycles. The minimum absolute atomic E-state index is 0.424. The summed E-state index contributed by atoms with van der Waals surface area (Å²) < 4.78 is 1.20. The van der Waals surface area contributed by atoms with E-state index in [0.29, 0.717) is 10.8 Å². The maximum absolute atomic E-state index is 2.45. The summed E-state index contributed by atoms with van der Waals surface area (Å²) in [6.07, 6.45) is 4.19. The lowest BCUT2D eigenvalue weighted by Gasteiger charge is -2.56. The van der Waals surface area contributed by atoms with Crippen LogP contribution in [0.1, 0.15) is 60.8 Å². The first-order valence-corrected chi connectivity index (χ1v) is 6.80. The van der Waals surface area contributed by atoms with Crippen molar-refractivity contribution in [1.82, 2.24) is 0 Å². The fraction of sp³-hybridized carbons (Fsp3) is 1.00. The van der Waals surface area contributed by atoms with Crippen molar-refractivity contribution >= 4 is 0 Å². The van der Waals surface area contributed by atoms with Gasteiger partial charge in [-0.05, 0) is 6.42 Å². The first-order chi connectivity index (χ1) is 6.97. The molecule has 1 rings (SSSR count). The molecule has 0 saturated carbocycles. The zero-order chi connectivity index (χ0) is 12.8. The van der Waals surface area contributed by atoms with Gasteiger partial charge in [0.25, 0.3) is 0 Å². The highest BCUT2D eigenvalue weighted by atomic mass is 15.4. The van der Waals surface area contributed by atoms with Gasteiger partial charge in [0.2, 0.25) is 0 Å². The van der Waals surface area contributed by atoms with Crippen LogP contribution in [-0.2, 0) is 0 Å². The minimum atomic E-state index is 0.424. The fourth-order valence-corrected chi connectivity index (χ4v) is 4.25. The Hall–Kier alpha value is -0.0400. The van der Waals surface area contributed by atoms with Crippen molar-refractivity contribution in [2.75, 3.05) is 14.1 Å². The summed E-state index contributed by atoms with van der Waals surface area (Å²) >= 11 is 0. The second kappa shape index (κ2) is 4.01. The second-order valence-corrected chi connectivity index (χ2v) is 8.32. The fourth-order valence-electron chi connectivity index (χ4n) is 4.25. The summed E-state index contributed by atoms with van der Waals surface area (Å²) in [7, 11) is 4.90. The Balaban J connectivity index is 3.01. The Bertz CT molecular complexity index is 215. The number of piperidine rings is 1. The van der Waals surface area contributed by atoms with E-state index < -0.39 is 0 Å². The van der Waals surface area contributed by atoms with Crippen LogP contribution in [0.25, 0.3) is 0 Å². The molecule has 0 bridgehead atoms. The molecule has 2 unspecified atom stereocenters. The van der Waals surface area contributed by atoms with Crippen LogP contribution < -0.4 is 0 Å². The average Bonchev–Trinajstić information content (AvgIpc) is 1.97. The summed E-state index contributed by atoms with van der Waals surface area (Å²) in [5, 5.41) is 0. The third-order valence-corrected chi connectivity index (χ3v) is 4.56.